The number of carbonyl (C=O) groups is 1. The Morgan fingerprint density at radius 2 is 1.86 bits per heavy atom. The number of halogens is 1. The zero-order chi connectivity index (χ0) is 10.8. The van der Waals surface area contributed by atoms with E-state index in [1.165, 1.54) is 3.11 Å². The van der Waals surface area contributed by atoms with Crippen molar-refractivity contribution in [2.75, 3.05) is 3.11 Å². The highest BCUT2D eigenvalue weighted by atomic mass is 127. The fraction of sp³-hybridized carbons (Fsp3) is 0.300. The van der Waals surface area contributed by atoms with Crippen LogP contribution in [0.3, 0.4) is 0 Å². The predicted octanol–water partition coefficient (Wildman–Crippen LogP) is 2.19. The normalized spacial score (nSPS) is 11.1. The molecule has 0 aliphatic heterocycles. The maximum atomic E-state index is 10.5. The van der Waals surface area contributed by atoms with Crippen molar-refractivity contribution in [2.24, 2.45) is 5.73 Å². The molecule has 0 saturated heterocycles. The molecule has 4 heteroatoms. The molecule has 0 heterocycles. The van der Waals surface area contributed by atoms with Crippen LogP contribution in [0, 0.1) is 0 Å². The van der Waals surface area contributed by atoms with Gasteiger partial charge in [0.2, 0.25) is 6.41 Å². The minimum atomic E-state index is -0.337. The van der Waals surface area contributed by atoms with Crippen molar-refractivity contribution in [3.8, 4) is 0 Å². The van der Waals surface area contributed by atoms with E-state index in [2.05, 4.69) is 0 Å². The molecule has 0 atom stereocenters. The molecule has 2 N–H and O–H groups in total. The Balaban J connectivity index is 2.95. The quantitative estimate of drug-likeness (QED) is 0.528. The van der Waals surface area contributed by atoms with Gasteiger partial charge in [-0.25, -0.2) is 0 Å². The predicted molar refractivity (Wildman–Crippen MR) is 66.2 cm³/mol. The molecule has 0 fully saturated rings. The van der Waals surface area contributed by atoms with E-state index in [0.29, 0.717) is 0 Å². The number of hydrogen-bond donors (Lipinski definition) is 1. The van der Waals surface area contributed by atoms with Crippen molar-refractivity contribution in [1.29, 1.82) is 0 Å². The van der Waals surface area contributed by atoms with Gasteiger partial charge in [-0.05, 0) is 31.5 Å². The number of nitrogens with zero attached hydrogens (tertiary/aromatic N) is 1. The largest absolute Gasteiger partial charge is 0.322 e. The SMILES string of the molecule is CC(C)(N)c1ccc(N(I)C=O)cc1. The minimum Gasteiger partial charge on any atom is -0.322 e. The van der Waals surface area contributed by atoms with Crippen LogP contribution in [0.1, 0.15) is 19.4 Å². The summed E-state index contributed by atoms with van der Waals surface area (Å²) >= 11 is 1.94. The second-order valence-corrected chi connectivity index (χ2v) is 4.72. The molecule has 0 spiro atoms. The molecule has 14 heavy (non-hydrogen) atoms. The molecule has 0 aliphatic carbocycles. The van der Waals surface area contributed by atoms with Gasteiger partial charge in [0, 0.05) is 5.54 Å². The van der Waals surface area contributed by atoms with Crippen LogP contribution in [-0.4, -0.2) is 6.41 Å². The number of benzene rings is 1. The Morgan fingerprint density at radius 3 is 2.21 bits per heavy atom. The first-order valence-corrected chi connectivity index (χ1v) is 5.21. The van der Waals surface area contributed by atoms with Gasteiger partial charge >= 0.3 is 0 Å². The van der Waals surface area contributed by atoms with Crippen LogP contribution < -0.4 is 8.85 Å². The molecular formula is C10H13IN2O. The molecule has 1 aromatic carbocycles. The summed E-state index contributed by atoms with van der Waals surface area (Å²) in [5.74, 6) is 0. The van der Waals surface area contributed by atoms with E-state index < -0.39 is 0 Å². The van der Waals surface area contributed by atoms with E-state index in [4.69, 9.17) is 5.73 Å². The zero-order valence-corrected chi connectivity index (χ0v) is 10.4. The monoisotopic (exact) mass is 304 g/mol. The zero-order valence-electron chi connectivity index (χ0n) is 8.20. The summed E-state index contributed by atoms with van der Waals surface area (Å²) in [4.78, 5) is 10.5. The van der Waals surface area contributed by atoms with Gasteiger partial charge in [-0.15, -0.1) is 0 Å². The van der Waals surface area contributed by atoms with Crippen molar-refractivity contribution < 1.29 is 4.79 Å². The van der Waals surface area contributed by atoms with Gasteiger partial charge in [-0.1, -0.05) is 12.1 Å². The van der Waals surface area contributed by atoms with Crippen molar-refractivity contribution in [3.05, 3.63) is 29.8 Å². The molecule has 0 aromatic heterocycles. The van der Waals surface area contributed by atoms with Crippen LogP contribution in [0.25, 0.3) is 0 Å². The molecule has 0 aliphatic rings. The van der Waals surface area contributed by atoms with Crippen molar-refractivity contribution >= 4 is 35.0 Å². The molecule has 0 unspecified atom stereocenters. The lowest BCUT2D eigenvalue weighted by molar-refractivity contribution is -0.106. The second kappa shape index (κ2) is 4.27. The smallest absolute Gasteiger partial charge is 0.223 e. The van der Waals surface area contributed by atoms with E-state index in [1.54, 1.807) is 0 Å². The third-order valence-electron chi connectivity index (χ3n) is 1.95. The lowest BCUT2D eigenvalue weighted by Gasteiger charge is -2.19. The lowest BCUT2D eigenvalue weighted by Crippen LogP contribution is -2.28. The van der Waals surface area contributed by atoms with Crippen LogP contribution in [0.2, 0.25) is 0 Å². The summed E-state index contributed by atoms with van der Waals surface area (Å²) in [5.41, 5.74) is 7.50. The third-order valence-corrected chi connectivity index (χ3v) is 2.74. The molecule has 76 valence electrons. The van der Waals surface area contributed by atoms with E-state index in [0.717, 1.165) is 17.7 Å². The highest BCUT2D eigenvalue weighted by Gasteiger charge is 2.13. The molecule has 1 amide bonds. The second-order valence-electron chi connectivity index (χ2n) is 3.69. The first-order valence-electron chi connectivity index (χ1n) is 4.25. The first-order chi connectivity index (χ1) is 6.45. The van der Waals surface area contributed by atoms with E-state index in [-0.39, 0.29) is 5.54 Å². The number of nitrogens with two attached hydrogens (primary N) is 1. The van der Waals surface area contributed by atoms with Gasteiger partial charge in [0.05, 0.1) is 28.6 Å². The van der Waals surface area contributed by atoms with Crippen LogP contribution in [0.15, 0.2) is 24.3 Å². The average molecular weight is 304 g/mol. The van der Waals surface area contributed by atoms with Crippen molar-refractivity contribution in [1.82, 2.24) is 0 Å². The Morgan fingerprint density at radius 1 is 1.36 bits per heavy atom. The summed E-state index contributed by atoms with van der Waals surface area (Å²) in [6.07, 6.45) is 0.767. The van der Waals surface area contributed by atoms with Gasteiger partial charge in [0.15, 0.2) is 0 Å². The first kappa shape index (κ1) is 11.5. The fourth-order valence-corrected chi connectivity index (χ4v) is 1.42. The van der Waals surface area contributed by atoms with Crippen LogP contribution in [0.5, 0.6) is 0 Å². The molecule has 1 aromatic rings. The molecule has 1 rings (SSSR count). The van der Waals surface area contributed by atoms with Gasteiger partial charge in [0.25, 0.3) is 0 Å². The maximum Gasteiger partial charge on any atom is 0.223 e. The number of anilines is 1. The summed E-state index contributed by atoms with van der Waals surface area (Å²) in [6.45, 7) is 3.90. The lowest BCUT2D eigenvalue weighted by atomic mass is 9.96. The standard InChI is InChI=1S/C10H13IN2O/c1-10(2,12)8-3-5-9(6-4-8)13(11)7-14/h3-7H,12H2,1-2H3. The average Bonchev–Trinajstić information content (AvgIpc) is 2.15. The summed E-state index contributed by atoms with van der Waals surface area (Å²) in [7, 11) is 0. The van der Waals surface area contributed by atoms with Gasteiger partial charge in [-0.3, -0.25) is 7.91 Å². The summed E-state index contributed by atoms with van der Waals surface area (Å²) in [5, 5.41) is 0. The van der Waals surface area contributed by atoms with Crippen molar-refractivity contribution in [3.63, 3.8) is 0 Å². The van der Waals surface area contributed by atoms with E-state index >= 15 is 0 Å². The van der Waals surface area contributed by atoms with E-state index in [1.807, 2.05) is 61.0 Å². The van der Waals surface area contributed by atoms with Gasteiger partial charge < -0.3 is 5.73 Å². The van der Waals surface area contributed by atoms with Crippen molar-refractivity contribution in [2.45, 2.75) is 19.4 Å². The van der Waals surface area contributed by atoms with Gasteiger partial charge in [0.1, 0.15) is 0 Å². The van der Waals surface area contributed by atoms with Gasteiger partial charge in [-0.2, -0.15) is 0 Å². The molecule has 0 bridgehead atoms. The number of carbonyl (C=O) groups excluding carboxylic acids is 1. The van der Waals surface area contributed by atoms with Crippen LogP contribution in [-0.2, 0) is 10.3 Å². The van der Waals surface area contributed by atoms with Crippen LogP contribution >= 0.6 is 22.9 Å². The Hall–Kier alpha value is -0.620. The number of amides is 1. The summed E-state index contributed by atoms with van der Waals surface area (Å²) in [6, 6.07) is 7.63. The number of rotatable bonds is 3. The molecule has 0 radical (unpaired) electrons. The molecule has 0 saturated carbocycles. The summed E-state index contributed by atoms with van der Waals surface area (Å²) < 4.78 is 1.49. The maximum absolute atomic E-state index is 10.5. The molecule has 3 nitrogen and oxygen atoms in total. The Bertz CT molecular complexity index is 316. The third kappa shape index (κ3) is 2.68. The van der Waals surface area contributed by atoms with E-state index in [9.17, 15) is 4.79 Å². The van der Waals surface area contributed by atoms with Crippen LogP contribution in [0.4, 0.5) is 5.69 Å². The number of hydrogen-bond acceptors (Lipinski definition) is 2. The Kier molecular flexibility index (Phi) is 3.49. The highest BCUT2D eigenvalue weighted by Crippen LogP contribution is 2.22. The fourth-order valence-electron chi connectivity index (χ4n) is 1.09. The molecular weight excluding hydrogens is 291 g/mol. The highest BCUT2D eigenvalue weighted by molar-refractivity contribution is 14.1. The minimum absolute atomic E-state index is 0.337. The Labute approximate surface area is 97.8 Å². The topological polar surface area (TPSA) is 46.3 Å².